The Kier molecular flexibility index (Phi) is 7.01. The third kappa shape index (κ3) is 5.37. The minimum absolute atomic E-state index is 0.0398. The number of ketones is 1. The summed E-state index contributed by atoms with van der Waals surface area (Å²) in [5, 5.41) is 11.2. The number of rotatable bonds is 9. The van der Waals surface area contributed by atoms with E-state index >= 15 is 0 Å². The largest absolute Gasteiger partial charge is 0.493 e. The fourth-order valence-electron chi connectivity index (χ4n) is 2.30. The molecule has 2 aromatic carbocycles. The van der Waals surface area contributed by atoms with Crippen LogP contribution in [0.1, 0.15) is 20.7 Å². The van der Waals surface area contributed by atoms with E-state index in [4.69, 9.17) is 14.2 Å². The Morgan fingerprint density at radius 3 is 2.17 bits per heavy atom. The van der Waals surface area contributed by atoms with Crippen LogP contribution in [0.4, 0.5) is 14.5 Å². The average molecular weight is 411 g/mol. The van der Waals surface area contributed by atoms with Crippen LogP contribution in [0.15, 0.2) is 36.4 Å². The van der Waals surface area contributed by atoms with Crippen molar-refractivity contribution in [3.63, 3.8) is 0 Å². The average Bonchev–Trinajstić information content (AvgIpc) is 2.70. The maximum absolute atomic E-state index is 12.3. The van der Waals surface area contributed by atoms with Crippen LogP contribution in [0.3, 0.4) is 0 Å². The highest BCUT2D eigenvalue weighted by Gasteiger charge is 2.26. The Morgan fingerprint density at radius 2 is 1.66 bits per heavy atom. The molecule has 11 heteroatoms. The van der Waals surface area contributed by atoms with Gasteiger partial charge in [-0.05, 0) is 24.3 Å². The summed E-state index contributed by atoms with van der Waals surface area (Å²) in [6, 6.07) is 6.81. The molecule has 0 unspecified atom stereocenters. The van der Waals surface area contributed by atoms with Crippen LogP contribution in [0.25, 0.3) is 0 Å². The first-order valence-electron chi connectivity index (χ1n) is 7.92. The van der Waals surface area contributed by atoms with Crippen molar-refractivity contribution >= 4 is 17.4 Å². The number of methoxy groups -OCH3 is 2. The van der Waals surface area contributed by atoms with Crippen molar-refractivity contribution in [2.45, 2.75) is 6.61 Å². The number of nitro groups is 1. The molecule has 0 amide bonds. The SMILES string of the molecule is COc1cc(C(=O)OCC(=O)c2ccc(OC(F)F)cc2)c([N+](=O)[O-])cc1OC. The number of Topliss-reactive ketones (excluding diaryl/α,β-unsaturated/α-hetero) is 1. The summed E-state index contributed by atoms with van der Waals surface area (Å²) in [5.41, 5.74) is -0.948. The van der Waals surface area contributed by atoms with Crippen molar-refractivity contribution in [1.82, 2.24) is 0 Å². The van der Waals surface area contributed by atoms with Gasteiger partial charge in [-0.3, -0.25) is 14.9 Å². The number of carbonyl (C=O) groups excluding carboxylic acids is 2. The molecule has 0 aliphatic carbocycles. The Morgan fingerprint density at radius 1 is 1.07 bits per heavy atom. The number of benzene rings is 2. The van der Waals surface area contributed by atoms with Crippen LogP contribution in [0.5, 0.6) is 17.2 Å². The van der Waals surface area contributed by atoms with Crippen LogP contribution in [-0.2, 0) is 4.74 Å². The molecule has 0 atom stereocenters. The first-order valence-corrected chi connectivity index (χ1v) is 7.92. The Hall–Kier alpha value is -3.76. The number of hydrogen-bond acceptors (Lipinski definition) is 8. The lowest BCUT2D eigenvalue weighted by molar-refractivity contribution is -0.385. The molecule has 0 spiro atoms. The lowest BCUT2D eigenvalue weighted by Crippen LogP contribution is -2.15. The van der Waals surface area contributed by atoms with E-state index < -0.39 is 41.1 Å². The van der Waals surface area contributed by atoms with Crippen LogP contribution >= 0.6 is 0 Å². The molecule has 0 saturated heterocycles. The van der Waals surface area contributed by atoms with E-state index in [1.807, 2.05) is 0 Å². The molecule has 154 valence electrons. The number of esters is 1. The van der Waals surface area contributed by atoms with Gasteiger partial charge in [0, 0.05) is 11.6 Å². The molecule has 2 aromatic rings. The molecule has 9 nitrogen and oxygen atoms in total. The number of hydrogen-bond donors (Lipinski definition) is 0. The highest BCUT2D eigenvalue weighted by atomic mass is 19.3. The quantitative estimate of drug-likeness (QED) is 0.267. The molecule has 0 aliphatic rings. The molecule has 0 saturated carbocycles. The summed E-state index contributed by atoms with van der Waals surface area (Å²) in [4.78, 5) is 34.8. The van der Waals surface area contributed by atoms with E-state index in [1.54, 1.807) is 0 Å². The zero-order valence-corrected chi connectivity index (χ0v) is 15.2. The Labute approximate surface area is 162 Å². The molecule has 2 rings (SSSR count). The number of nitro benzene ring substituents is 1. The minimum atomic E-state index is -3.00. The van der Waals surface area contributed by atoms with Crippen molar-refractivity contribution < 1.29 is 42.2 Å². The molecule has 0 radical (unpaired) electrons. The van der Waals surface area contributed by atoms with Crippen molar-refractivity contribution in [2.75, 3.05) is 20.8 Å². The van der Waals surface area contributed by atoms with Gasteiger partial charge in [-0.25, -0.2) is 4.79 Å². The third-order valence-corrected chi connectivity index (χ3v) is 3.65. The van der Waals surface area contributed by atoms with E-state index in [0.717, 1.165) is 24.3 Å². The molecular formula is C18H15F2NO8. The van der Waals surface area contributed by atoms with Crippen LogP contribution in [-0.4, -0.2) is 44.1 Å². The fraction of sp³-hybridized carbons (Fsp3) is 0.222. The van der Waals surface area contributed by atoms with Gasteiger partial charge >= 0.3 is 12.6 Å². The second-order valence-corrected chi connectivity index (χ2v) is 5.38. The molecule has 0 heterocycles. The van der Waals surface area contributed by atoms with E-state index in [9.17, 15) is 28.5 Å². The van der Waals surface area contributed by atoms with Gasteiger partial charge in [0.15, 0.2) is 23.9 Å². The highest BCUT2D eigenvalue weighted by molar-refractivity contribution is 6.00. The maximum atomic E-state index is 12.3. The predicted molar refractivity (Wildman–Crippen MR) is 93.9 cm³/mol. The van der Waals surface area contributed by atoms with E-state index in [1.165, 1.54) is 26.4 Å². The number of carbonyl (C=O) groups is 2. The maximum Gasteiger partial charge on any atom is 0.387 e. The summed E-state index contributed by atoms with van der Waals surface area (Å²) < 4.78 is 43.3. The zero-order chi connectivity index (χ0) is 21.6. The smallest absolute Gasteiger partial charge is 0.387 e. The molecule has 0 aliphatic heterocycles. The van der Waals surface area contributed by atoms with E-state index in [-0.39, 0.29) is 22.8 Å². The second-order valence-electron chi connectivity index (χ2n) is 5.38. The van der Waals surface area contributed by atoms with Crippen molar-refractivity contribution in [3.8, 4) is 17.2 Å². The van der Waals surface area contributed by atoms with Gasteiger partial charge in [0.2, 0.25) is 0 Å². The molecular weight excluding hydrogens is 396 g/mol. The summed E-state index contributed by atoms with van der Waals surface area (Å²) in [6.07, 6.45) is 0. The lowest BCUT2D eigenvalue weighted by Gasteiger charge is -2.10. The standard InChI is InChI=1S/C18H15F2NO8/c1-26-15-7-12(13(21(24)25)8-16(15)27-2)17(23)28-9-14(22)10-3-5-11(6-4-10)29-18(19)20/h3-8,18H,9H2,1-2H3. The number of halogens is 2. The molecule has 0 aromatic heterocycles. The predicted octanol–water partition coefficient (Wildman–Crippen LogP) is 3.25. The minimum Gasteiger partial charge on any atom is -0.493 e. The van der Waals surface area contributed by atoms with Gasteiger partial charge in [-0.2, -0.15) is 8.78 Å². The summed E-state index contributed by atoms with van der Waals surface area (Å²) in [6.45, 7) is -3.73. The molecule has 0 N–H and O–H groups in total. The fourth-order valence-corrected chi connectivity index (χ4v) is 2.30. The first kappa shape index (κ1) is 21.5. The van der Waals surface area contributed by atoms with Crippen LogP contribution < -0.4 is 14.2 Å². The van der Waals surface area contributed by atoms with Gasteiger partial charge < -0.3 is 18.9 Å². The molecule has 29 heavy (non-hydrogen) atoms. The first-order chi connectivity index (χ1) is 13.8. The van der Waals surface area contributed by atoms with Crippen molar-refractivity contribution in [1.29, 1.82) is 0 Å². The zero-order valence-electron chi connectivity index (χ0n) is 15.2. The summed E-state index contributed by atoms with van der Waals surface area (Å²) in [7, 11) is 2.56. The number of alkyl halides is 2. The Bertz CT molecular complexity index is 915. The van der Waals surface area contributed by atoms with Gasteiger partial charge in [0.1, 0.15) is 11.3 Å². The molecule has 0 fully saturated rings. The van der Waals surface area contributed by atoms with Gasteiger partial charge in [-0.15, -0.1) is 0 Å². The Balaban J connectivity index is 2.14. The normalized spacial score (nSPS) is 10.4. The molecule has 0 bridgehead atoms. The van der Waals surface area contributed by atoms with E-state index in [0.29, 0.717) is 0 Å². The number of nitrogens with zero attached hydrogens (tertiary/aromatic N) is 1. The topological polar surface area (TPSA) is 114 Å². The monoisotopic (exact) mass is 411 g/mol. The van der Waals surface area contributed by atoms with Gasteiger partial charge in [0.25, 0.3) is 5.69 Å². The summed E-state index contributed by atoms with van der Waals surface area (Å²) in [5.74, 6) is -1.81. The van der Waals surface area contributed by atoms with E-state index in [2.05, 4.69) is 4.74 Å². The second kappa shape index (κ2) is 9.44. The number of ether oxygens (including phenoxy) is 4. The van der Waals surface area contributed by atoms with Crippen LogP contribution in [0, 0.1) is 10.1 Å². The van der Waals surface area contributed by atoms with Crippen molar-refractivity contribution in [2.24, 2.45) is 0 Å². The highest BCUT2D eigenvalue weighted by Crippen LogP contribution is 2.34. The third-order valence-electron chi connectivity index (χ3n) is 3.65. The van der Waals surface area contributed by atoms with Crippen LogP contribution in [0.2, 0.25) is 0 Å². The van der Waals surface area contributed by atoms with Gasteiger partial charge in [-0.1, -0.05) is 0 Å². The van der Waals surface area contributed by atoms with Gasteiger partial charge in [0.05, 0.1) is 25.2 Å². The van der Waals surface area contributed by atoms with Crippen molar-refractivity contribution in [3.05, 3.63) is 57.6 Å². The summed E-state index contributed by atoms with van der Waals surface area (Å²) >= 11 is 0. The lowest BCUT2D eigenvalue weighted by atomic mass is 10.1.